The fourth-order valence-electron chi connectivity index (χ4n) is 3.92. The van der Waals surface area contributed by atoms with E-state index < -0.39 is 18.0 Å². The average Bonchev–Trinajstić information content (AvgIpc) is 2.88. The SMILES string of the molecule is O=Cc1ccc2ncc(=O)n(CC(O)C3OCC(NCc4ccc5c(n4)NC(=O)CO5)CO3)c2c1. The van der Waals surface area contributed by atoms with Crippen molar-refractivity contribution in [3.8, 4) is 5.75 Å². The van der Waals surface area contributed by atoms with Crippen LogP contribution in [0.3, 0.4) is 0 Å². The monoisotopic (exact) mass is 481 g/mol. The first-order valence-corrected chi connectivity index (χ1v) is 11.0. The molecule has 0 aliphatic carbocycles. The van der Waals surface area contributed by atoms with Crippen LogP contribution in [0.15, 0.2) is 41.3 Å². The number of aromatic nitrogens is 3. The van der Waals surface area contributed by atoms with Gasteiger partial charge in [-0.25, -0.2) is 9.97 Å². The highest BCUT2D eigenvalue weighted by atomic mass is 16.7. The van der Waals surface area contributed by atoms with Crippen LogP contribution >= 0.6 is 0 Å². The van der Waals surface area contributed by atoms with Crippen LogP contribution in [0.2, 0.25) is 0 Å². The standard InChI is InChI=1S/C23H23N5O7/c29-9-13-1-3-16-17(5-13)28(21(32)7-25-16)8-18(30)23-34-10-15(11-35-23)24-6-14-2-4-19-22(26-14)27-20(31)12-33-19/h1-5,7,9,15,18,23-24,30H,6,8,10-12H2,(H,26,27,31). The Hall–Kier alpha value is -3.71. The number of hydrogen-bond acceptors (Lipinski definition) is 10. The Balaban J connectivity index is 1.17. The first-order valence-electron chi connectivity index (χ1n) is 11.0. The fraction of sp³-hybridized carbons (Fsp3) is 0.348. The number of benzene rings is 1. The van der Waals surface area contributed by atoms with E-state index >= 15 is 0 Å². The van der Waals surface area contributed by atoms with Crippen molar-refractivity contribution in [2.45, 2.75) is 31.5 Å². The summed E-state index contributed by atoms with van der Waals surface area (Å²) in [6.45, 7) is 0.838. The predicted octanol–water partition coefficient (Wildman–Crippen LogP) is -0.173. The van der Waals surface area contributed by atoms with Crippen LogP contribution in [0.5, 0.6) is 5.75 Å². The van der Waals surface area contributed by atoms with E-state index in [9.17, 15) is 19.5 Å². The Morgan fingerprint density at radius 2 is 2.06 bits per heavy atom. The van der Waals surface area contributed by atoms with Gasteiger partial charge in [0.25, 0.3) is 11.5 Å². The van der Waals surface area contributed by atoms with Crippen LogP contribution in [0.4, 0.5) is 5.82 Å². The summed E-state index contributed by atoms with van der Waals surface area (Å²) in [5.41, 5.74) is 1.66. The third-order valence-electron chi connectivity index (χ3n) is 5.72. The smallest absolute Gasteiger partial charge is 0.269 e. The molecule has 182 valence electrons. The van der Waals surface area contributed by atoms with E-state index in [0.717, 1.165) is 0 Å². The lowest BCUT2D eigenvalue weighted by atomic mass is 10.2. The molecule has 5 rings (SSSR count). The van der Waals surface area contributed by atoms with Gasteiger partial charge in [-0.3, -0.25) is 14.4 Å². The number of aliphatic hydroxyl groups excluding tert-OH is 1. The van der Waals surface area contributed by atoms with E-state index in [1.165, 1.54) is 10.8 Å². The van der Waals surface area contributed by atoms with Gasteiger partial charge in [0, 0.05) is 12.1 Å². The lowest BCUT2D eigenvalue weighted by Gasteiger charge is -2.32. The molecule has 1 unspecified atom stereocenters. The van der Waals surface area contributed by atoms with Gasteiger partial charge < -0.3 is 34.5 Å². The number of carbonyl (C=O) groups excluding carboxylic acids is 2. The van der Waals surface area contributed by atoms with E-state index in [-0.39, 0.29) is 38.3 Å². The zero-order valence-electron chi connectivity index (χ0n) is 18.5. The number of anilines is 1. The highest BCUT2D eigenvalue weighted by Gasteiger charge is 2.29. The highest BCUT2D eigenvalue weighted by Crippen LogP contribution is 2.25. The maximum Gasteiger partial charge on any atom is 0.269 e. The molecule has 3 N–H and O–H groups in total. The molecule has 3 aromatic rings. The Morgan fingerprint density at radius 3 is 2.86 bits per heavy atom. The van der Waals surface area contributed by atoms with E-state index in [4.69, 9.17) is 14.2 Å². The van der Waals surface area contributed by atoms with Gasteiger partial charge in [0.15, 0.2) is 24.5 Å². The van der Waals surface area contributed by atoms with Crippen molar-refractivity contribution in [2.75, 3.05) is 25.1 Å². The van der Waals surface area contributed by atoms with Gasteiger partial charge in [0.2, 0.25) is 0 Å². The zero-order chi connectivity index (χ0) is 24.4. The number of nitrogens with one attached hydrogen (secondary N) is 2. The molecule has 1 saturated heterocycles. The summed E-state index contributed by atoms with van der Waals surface area (Å²) in [6, 6.07) is 8.20. The second-order valence-corrected chi connectivity index (χ2v) is 8.24. The number of carbonyl (C=O) groups is 2. The van der Waals surface area contributed by atoms with Crippen molar-refractivity contribution in [1.29, 1.82) is 0 Å². The van der Waals surface area contributed by atoms with Gasteiger partial charge in [-0.2, -0.15) is 0 Å². The van der Waals surface area contributed by atoms with Crippen LogP contribution in [0, 0.1) is 0 Å². The number of rotatable bonds is 7. The quantitative estimate of drug-likeness (QED) is 0.388. The van der Waals surface area contributed by atoms with Gasteiger partial charge in [-0.1, -0.05) is 0 Å². The molecular weight excluding hydrogens is 458 g/mol. The maximum atomic E-state index is 12.4. The summed E-state index contributed by atoms with van der Waals surface area (Å²) < 4.78 is 18.0. The minimum Gasteiger partial charge on any atom is -0.480 e. The molecule has 0 saturated carbocycles. The van der Waals surface area contributed by atoms with Crippen molar-refractivity contribution in [2.24, 2.45) is 0 Å². The number of pyridine rings is 1. The lowest BCUT2D eigenvalue weighted by Crippen LogP contribution is -2.49. The van der Waals surface area contributed by atoms with Crippen molar-refractivity contribution in [1.82, 2.24) is 19.9 Å². The second kappa shape index (κ2) is 9.88. The molecule has 0 radical (unpaired) electrons. The van der Waals surface area contributed by atoms with Crippen molar-refractivity contribution in [3.05, 3.63) is 58.1 Å². The molecule has 1 amide bonds. The number of hydrogen-bond donors (Lipinski definition) is 3. The molecule has 2 aliphatic rings. The number of amides is 1. The fourth-order valence-corrected chi connectivity index (χ4v) is 3.92. The zero-order valence-corrected chi connectivity index (χ0v) is 18.5. The molecule has 2 aliphatic heterocycles. The van der Waals surface area contributed by atoms with E-state index in [0.29, 0.717) is 46.7 Å². The molecule has 0 spiro atoms. The van der Waals surface area contributed by atoms with Crippen molar-refractivity contribution < 1.29 is 28.9 Å². The lowest BCUT2D eigenvalue weighted by molar-refractivity contribution is -0.233. The van der Waals surface area contributed by atoms with Gasteiger partial charge in [-0.05, 0) is 30.3 Å². The molecule has 35 heavy (non-hydrogen) atoms. The third kappa shape index (κ3) is 5.05. The first kappa shape index (κ1) is 23.1. The molecule has 12 heteroatoms. The third-order valence-corrected chi connectivity index (χ3v) is 5.72. The molecule has 1 atom stereocenters. The Labute approximate surface area is 198 Å². The summed E-state index contributed by atoms with van der Waals surface area (Å²) >= 11 is 0. The van der Waals surface area contributed by atoms with Crippen molar-refractivity contribution in [3.63, 3.8) is 0 Å². The summed E-state index contributed by atoms with van der Waals surface area (Å²) in [7, 11) is 0. The Morgan fingerprint density at radius 1 is 1.23 bits per heavy atom. The molecule has 0 bridgehead atoms. The highest BCUT2D eigenvalue weighted by molar-refractivity contribution is 5.94. The van der Waals surface area contributed by atoms with Gasteiger partial charge in [-0.15, -0.1) is 0 Å². The van der Waals surface area contributed by atoms with E-state index in [1.807, 2.05) is 0 Å². The molecule has 4 heterocycles. The Bertz CT molecular complexity index is 1320. The van der Waals surface area contributed by atoms with E-state index in [2.05, 4.69) is 20.6 Å². The summed E-state index contributed by atoms with van der Waals surface area (Å²) in [4.78, 5) is 43.5. The van der Waals surface area contributed by atoms with Crippen LogP contribution < -0.4 is 20.9 Å². The summed E-state index contributed by atoms with van der Waals surface area (Å²) in [5.74, 6) is 0.664. The van der Waals surface area contributed by atoms with E-state index in [1.54, 1.807) is 30.3 Å². The molecular formula is C23H23N5O7. The molecule has 1 aromatic carbocycles. The largest absolute Gasteiger partial charge is 0.480 e. The normalized spacial score (nSPS) is 20.5. The predicted molar refractivity (Wildman–Crippen MR) is 122 cm³/mol. The van der Waals surface area contributed by atoms with Crippen LogP contribution in [0.1, 0.15) is 16.1 Å². The van der Waals surface area contributed by atoms with Gasteiger partial charge in [0.05, 0.1) is 48.7 Å². The number of ether oxygens (including phenoxy) is 3. The summed E-state index contributed by atoms with van der Waals surface area (Å²) in [6.07, 6.45) is -0.191. The Kier molecular flexibility index (Phi) is 6.51. The second-order valence-electron chi connectivity index (χ2n) is 8.24. The maximum absolute atomic E-state index is 12.4. The average molecular weight is 481 g/mol. The first-order chi connectivity index (χ1) is 17.0. The molecule has 1 fully saturated rings. The van der Waals surface area contributed by atoms with Crippen LogP contribution in [-0.4, -0.2) is 70.1 Å². The number of aliphatic hydroxyl groups is 1. The van der Waals surface area contributed by atoms with Gasteiger partial charge in [0.1, 0.15) is 12.4 Å². The van der Waals surface area contributed by atoms with Gasteiger partial charge >= 0.3 is 0 Å². The number of aldehydes is 1. The summed E-state index contributed by atoms with van der Waals surface area (Å²) in [5, 5.41) is 16.6. The van der Waals surface area contributed by atoms with Crippen LogP contribution in [-0.2, 0) is 27.4 Å². The molecule has 12 nitrogen and oxygen atoms in total. The molecule has 2 aromatic heterocycles. The minimum absolute atomic E-state index is 0.0259. The minimum atomic E-state index is -1.12. The number of fused-ring (bicyclic) bond motifs is 2. The van der Waals surface area contributed by atoms with Crippen molar-refractivity contribution >= 4 is 29.0 Å². The number of nitrogens with zero attached hydrogens (tertiary/aromatic N) is 3. The van der Waals surface area contributed by atoms with Crippen LogP contribution in [0.25, 0.3) is 11.0 Å². The topological polar surface area (TPSA) is 154 Å².